The van der Waals surface area contributed by atoms with E-state index in [0.29, 0.717) is 0 Å². The Balaban J connectivity index is 2.75. The van der Waals surface area contributed by atoms with Crippen LogP contribution in [0.2, 0.25) is 0 Å². The smallest absolute Gasteiger partial charge is 0.261 e. The van der Waals surface area contributed by atoms with Crippen molar-refractivity contribution in [1.82, 2.24) is 4.90 Å². The topological polar surface area (TPSA) is 37.4 Å². The minimum Gasteiger partial charge on any atom is -0.261 e. The maximum Gasteiger partial charge on any atom is 0.286 e. The standard InChI is InChI=1S/C9H9NO2S2/c11-8(13)10(9(12)14)6-7-4-2-1-3-5-7/h1-5H,6H2,(H,11,13)(H,12,14). The van der Waals surface area contributed by atoms with E-state index in [1.54, 1.807) is 0 Å². The van der Waals surface area contributed by atoms with Crippen molar-refractivity contribution in [2.75, 3.05) is 0 Å². The second-order valence-corrected chi connectivity index (χ2v) is 3.40. The summed E-state index contributed by atoms with van der Waals surface area (Å²) in [7, 11) is 0. The summed E-state index contributed by atoms with van der Waals surface area (Å²) in [6, 6.07) is 9.17. The van der Waals surface area contributed by atoms with Crippen LogP contribution in [-0.2, 0) is 6.54 Å². The number of carbonyl (C=O) groups excluding carboxylic acids is 2. The molecule has 0 unspecified atom stereocenters. The number of imide groups is 1. The molecule has 0 fully saturated rings. The maximum absolute atomic E-state index is 10.9. The van der Waals surface area contributed by atoms with Crippen molar-refractivity contribution in [3.05, 3.63) is 35.9 Å². The molecule has 0 saturated carbocycles. The second kappa shape index (κ2) is 5.07. The van der Waals surface area contributed by atoms with Crippen LogP contribution in [0.1, 0.15) is 5.56 Å². The molecule has 1 aromatic rings. The fourth-order valence-electron chi connectivity index (χ4n) is 0.983. The van der Waals surface area contributed by atoms with E-state index in [1.165, 1.54) is 0 Å². The first-order valence-corrected chi connectivity index (χ1v) is 4.78. The second-order valence-electron chi connectivity index (χ2n) is 2.64. The number of hydrogen-bond donors (Lipinski definition) is 2. The lowest BCUT2D eigenvalue weighted by atomic mass is 10.2. The third-order valence-electron chi connectivity index (χ3n) is 1.65. The van der Waals surface area contributed by atoms with E-state index >= 15 is 0 Å². The highest BCUT2D eigenvalue weighted by atomic mass is 32.1. The SMILES string of the molecule is O=C(S)N(Cc1ccccc1)C(=O)S. The lowest BCUT2D eigenvalue weighted by Gasteiger charge is -2.15. The van der Waals surface area contributed by atoms with Crippen molar-refractivity contribution in [1.29, 1.82) is 0 Å². The van der Waals surface area contributed by atoms with Gasteiger partial charge in [0, 0.05) is 0 Å². The van der Waals surface area contributed by atoms with Gasteiger partial charge in [0.05, 0.1) is 6.54 Å². The number of carbonyl (C=O) groups is 2. The molecule has 3 nitrogen and oxygen atoms in total. The summed E-state index contributed by atoms with van der Waals surface area (Å²) in [6.07, 6.45) is 0. The van der Waals surface area contributed by atoms with Crippen LogP contribution in [0.3, 0.4) is 0 Å². The van der Waals surface area contributed by atoms with Crippen LogP contribution in [0.25, 0.3) is 0 Å². The minimum atomic E-state index is -0.603. The number of thiol groups is 2. The van der Waals surface area contributed by atoms with Gasteiger partial charge in [0.15, 0.2) is 0 Å². The highest BCUT2D eigenvalue weighted by Gasteiger charge is 2.15. The summed E-state index contributed by atoms with van der Waals surface area (Å²) in [5, 5.41) is -1.21. The fourth-order valence-corrected chi connectivity index (χ4v) is 1.39. The van der Waals surface area contributed by atoms with Gasteiger partial charge in [0.2, 0.25) is 0 Å². The zero-order chi connectivity index (χ0) is 10.6. The summed E-state index contributed by atoms with van der Waals surface area (Å²) in [5.74, 6) is 0. The van der Waals surface area contributed by atoms with Gasteiger partial charge < -0.3 is 0 Å². The van der Waals surface area contributed by atoms with E-state index in [2.05, 4.69) is 25.3 Å². The third kappa shape index (κ3) is 3.08. The predicted octanol–water partition coefficient (Wildman–Crippen LogP) is 2.59. The molecule has 74 valence electrons. The van der Waals surface area contributed by atoms with E-state index < -0.39 is 10.5 Å². The molecule has 1 aromatic carbocycles. The van der Waals surface area contributed by atoms with E-state index in [1.807, 2.05) is 30.3 Å². The first kappa shape index (κ1) is 11.1. The zero-order valence-electron chi connectivity index (χ0n) is 7.25. The molecular weight excluding hydrogens is 218 g/mol. The van der Waals surface area contributed by atoms with Gasteiger partial charge in [-0.25, -0.2) is 0 Å². The Morgan fingerprint density at radius 2 is 1.57 bits per heavy atom. The predicted molar refractivity (Wildman–Crippen MR) is 60.7 cm³/mol. The van der Waals surface area contributed by atoms with Gasteiger partial charge >= 0.3 is 0 Å². The quantitative estimate of drug-likeness (QED) is 0.762. The van der Waals surface area contributed by atoms with Crippen molar-refractivity contribution >= 4 is 35.7 Å². The van der Waals surface area contributed by atoms with Gasteiger partial charge in [-0.2, -0.15) is 0 Å². The Morgan fingerprint density at radius 3 is 2.00 bits per heavy atom. The average molecular weight is 227 g/mol. The molecule has 0 saturated heterocycles. The van der Waals surface area contributed by atoms with Crippen LogP contribution in [0.5, 0.6) is 0 Å². The number of benzene rings is 1. The normalized spacial score (nSPS) is 9.57. The van der Waals surface area contributed by atoms with Crippen molar-refractivity contribution in [2.45, 2.75) is 6.54 Å². The van der Waals surface area contributed by atoms with Crippen LogP contribution in [-0.4, -0.2) is 15.4 Å². The molecule has 0 radical (unpaired) electrons. The lowest BCUT2D eigenvalue weighted by Crippen LogP contribution is -2.28. The molecule has 0 N–H and O–H groups in total. The Labute approximate surface area is 92.9 Å². The van der Waals surface area contributed by atoms with Gasteiger partial charge in [0.25, 0.3) is 10.5 Å². The van der Waals surface area contributed by atoms with E-state index in [9.17, 15) is 9.59 Å². The molecule has 2 amide bonds. The molecular formula is C9H9NO2S2. The van der Waals surface area contributed by atoms with Crippen LogP contribution in [0, 0.1) is 0 Å². The zero-order valence-corrected chi connectivity index (χ0v) is 9.04. The summed E-state index contributed by atoms with van der Waals surface area (Å²) < 4.78 is 0. The molecule has 0 aromatic heterocycles. The highest BCUT2D eigenvalue weighted by molar-refractivity contribution is 7.98. The van der Waals surface area contributed by atoms with Crippen LogP contribution < -0.4 is 0 Å². The van der Waals surface area contributed by atoms with Crippen LogP contribution in [0.15, 0.2) is 30.3 Å². The molecule has 0 bridgehead atoms. The molecule has 0 aliphatic heterocycles. The average Bonchev–Trinajstić information content (AvgIpc) is 2.15. The Bertz CT molecular complexity index is 326. The summed E-state index contributed by atoms with van der Waals surface area (Å²) >= 11 is 7.16. The van der Waals surface area contributed by atoms with Gasteiger partial charge in [-0.15, -0.1) is 0 Å². The van der Waals surface area contributed by atoms with E-state index in [0.717, 1.165) is 10.5 Å². The Morgan fingerprint density at radius 1 is 1.07 bits per heavy atom. The summed E-state index contributed by atoms with van der Waals surface area (Å²) in [4.78, 5) is 22.8. The van der Waals surface area contributed by atoms with Gasteiger partial charge in [-0.1, -0.05) is 55.6 Å². The van der Waals surface area contributed by atoms with Crippen molar-refractivity contribution in [3.63, 3.8) is 0 Å². The largest absolute Gasteiger partial charge is 0.286 e. The molecule has 0 heterocycles. The fraction of sp³-hybridized carbons (Fsp3) is 0.111. The number of hydrogen-bond acceptors (Lipinski definition) is 2. The minimum absolute atomic E-state index is 0.200. The number of nitrogens with zero attached hydrogens (tertiary/aromatic N) is 1. The molecule has 0 aliphatic rings. The first-order valence-electron chi connectivity index (χ1n) is 3.88. The number of amides is 2. The molecule has 1 rings (SSSR count). The van der Waals surface area contributed by atoms with Crippen molar-refractivity contribution < 1.29 is 9.59 Å². The maximum atomic E-state index is 10.9. The monoisotopic (exact) mass is 227 g/mol. The van der Waals surface area contributed by atoms with Crippen molar-refractivity contribution in [2.24, 2.45) is 0 Å². The Hall–Kier alpha value is -0.940. The van der Waals surface area contributed by atoms with Gasteiger partial charge in [0.1, 0.15) is 0 Å². The molecule has 0 atom stereocenters. The summed E-state index contributed by atoms with van der Waals surface area (Å²) in [6.45, 7) is 0.200. The molecule has 0 aliphatic carbocycles. The molecule has 5 heteroatoms. The molecule has 0 spiro atoms. The van der Waals surface area contributed by atoms with E-state index in [4.69, 9.17) is 0 Å². The van der Waals surface area contributed by atoms with Gasteiger partial charge in [-0.3, -0.25) is 14.5 Å². The van der Waals surface area contributed by atoms with Crippen LogP contribution in [0.4, 0.5) is 9.59 Å². The molecule has 14 heavy (non-hydrogen) atoms. The van der Waals surface area contributed by atoms with Crippen LogP contribution >= 0.6 is 25.3 Å². The number of rotatable bonds is 2. The Kier molecular flexibility index (Phi) is 4.03. The lowest BCUT2D eigenvalue weighted by molar-refractivity contribution is 0.215. The summed E-state index contributed by atoms with van der Waals surface area (Å²) in [5.41, 5.74) is 0.859. The first-order chi connectivity index (χ1) is 6.61. The van der Waals surface area contributed by atoms with Gasteiger partial charge in [-0.05, 0) is 5.56 Å². The van der Waals surface area contributed by atoms with E-state index in [-0.39, 0.29) is 6.54 Å². The third-order valence-corrected chi connectivity index (χ3v) is 2.13. The highest BCUT2D eigenvalue weighted by Crippen LogP contribution is 2.09. The van der Waals surface area contributed by atoms with Crippen molar-refractivity contribution in [3.8, 4) is 0 Å².